The lowest BCUT2D eigenvalue weighted by Crippen LogP contribution is -2.42. The van der Waals surface area contributed by atoms with Gasteiger partial charge in [-0.05, 0) is 34.6 Å². The molecule has 11 heteroatoms. The Morgan fingerprint density at radius 1 is 0.587 bits per heavy atom. The van der Waals surface area contributed by atoms with Crippen molar-refractivity contribution in [2.75, 3.05) is 66.4 Å². The van der Waals surface area contributed by atoms with Crippen LogP contribution in [0.15, 0.2) is 12.3 Å². The van der Waals surface area contributed by atoms with Gasteiger partial charge in [-0.15, -0.1) is 0 Å². The Morgan fingerprint density at radius 3 is 1.28 bits per heavy atom. The van der Waals surface area contributed by atoms with Gasteiger partial charge in [0.25, 0.3) is 0 Å². The summed E-state index contributed by atoms with van der Waals surface area (Å²) in [6, 6.07) is 0.344. The highest BCUT2D eigenvalue weighted by atomic mass is 16.5. The molecule has 0 saturated carbocycles. The molecule has 3 amide bonds. The molecular weight excluding hydrogens is 588 g/mol. The van der Waals surface area contributed by atoms with Gasteiger partial charge in [0.05, 0.1) is 58.3 Å². The van der Waals surface area contributed by atoms with E-state index in [1.807, 2.05) is 90.0 Å². The molecule has 0 heterocycles. The van der Waals surface area contributed by atoms with Crippen molar-refractivity contribution in [1.82, 2.24) is 21.3 Å². The monoisotopic (exact) mass is 665 g/mol. The van der Waals surface area contributed by atoms with Crippen molar-refractivity contribution < 1.29 is 33.3 Å². The molecule has 0 bridgehead atoms. The molecule has 0 aliphatic heterocycles. The summed E-state index contributed by atoms with van der Waals surface area (Å²) in [5.74, 6) is -0.286. The van der Waals surface area contributed by atoms with E-state index in [1.54, 1.807) is 7.05 Å². The smallest absolute Gasteiger partial charge is 0.222 e. The van der Waals surface area contributed by atoms with E-state index < -0.39 is 5.41 Å². The van der Waals surface area contributed by atoms with Crippen LogP contribution in [-0.2, 0) is 33.3 Å². The van der Waals surface area contributed by atoms with Gasteiger partial charge in [-0.3, -0.25) is 14.4 Å². The van der Waals surface area contributed by atoms with Crippen LogP contribution in [0.4, 0.5) is 0 Å². The topological polar surface area (TPSA) is 136 Å². The second-order valence-corrected chi connectivity index (χ2v) is 9.96. The maximum Gasteiger partial charge on any atom is 0.222 e. The van der Waals surface area contributed by atoms with E-state index >= 15 is 0 Å². The number of rotatable bonds is 24. The van der Waals surface area contributed by atoms with Crippen LogP contribution in [-0.4, -0.2) is 96.3 Å². The summed E-state index contributed by atoms with van der Waals surface area (Å²) in [4.78, 5) is 35.4. The summed E-state index contributed by atoms with van der Waals surface area (Å²) in [6.45, 7) is 32.4. The number of amides is 3. The molecular formula is C35H76N4O7. The zero-order valence-corrected chi connectivity index (χ0v) is 32.4. The summed E-state index contributed by atoms with van der Waals surface area (Å²) in [5.41, 5.74) is 0.184. The first kappa shape index (κ1) is 53.3. The molecule has 278 valence electrons. The van der Waals surface area contributed by atoms with Gasteiger partial charge in [0, 0.05) is 57.1 Å². The maximum atomic E-state index is 12.0. The van der Waals surface area contributed by atoms with E-state index in [-0.39, 0.29) is 95.3 Å². The Labute approximate surface area is 284 Å². The molecule has 4 N–H and O–H groups in total. The van der Waals surface area contributed by atoms with Crippen molar-refractivity contribution in [3.05, 3.63) is 12.3 Å². The largest absolute Gasteiger partial charge is 0.387 e. The number of nitrogens with one attached hydrogen (secondary N) is 4. The van der Waals surface area contributed by atoms with Gasteiger partial charge >= 0.3 is 0 Å². The standard InChI is InChI=1S/C27H52N4O7.4C2H6/c1-8-29-25(33)11-15-37-19-27(18-36-14-10-24(32)28-7,17-35-13-9-23(6)30-21(2)3)20-38-16-12-26(34)31-22(4)5;4*1-2/h21-22,30H,6,8-20H2,1-5,7H3,(H,28,32)(H,29,33)(H,31,34);4*1-2H3. The zero-order valence-electron chi connectivity index (χ0n) is 32.4. The molecule has 46 heavy (non-hydrogen) atoms. The highest BCUT2D eigenvalue weighted by Crippen LogP contribution is 2.22. The highest BCUT2D eigenvalue weighted by Gasteiger charge is 2.33. The third-order valence-corrected chi connectivity index (χ3v) is 5.20. The molecule has 0 radical (unpaired) electrons. The lowest BCUT2D eigenvalue weighted by molar-refractivity contribution is -0.127. The number of hydrogen-bond acceptors (Lipinski definition) is 8. The SMILES string of the molecule is C=C(CCOCC(COCCC(=O)NC)(COCCC(=O)NCC)COCCC(=O)NC(C)C)NC(C)C.CC.CC.CC.CC. The predicted molar refractivity (Wildman–Crippen MR) is 193 cm³/mol. The van der Waals surface area contributed by atoms with E-state index in [4.69, 9.17) is 18.9 Å². The Kier molecular flexibility index (Phi) is 47.3. The van der Waals surface area contributed by atoms with Crippen molar-refractivity contribution in [3.8, 4) is 0 Å². The van der Waals surface area contributed by atoms with Crippen LogP contribution in [0.5, 0.6) is 0 Å². The number of hydrogen-bond donors (Lipinski definition) is 4. The number of carbonyl (C=O) groups is 3. The third kappa shape index (κ3) is 38.0. The molecule has 11 nitrogen and oxygen atoms in total. The molecule has 0 aliphatic rings. The third-order valence-electron chi connectivity index (χ3n) is 5.20. The maximum absolute atomic E-state index is 12.0. The van der Waals surface area contributed by atoms with E-state index in [1.165, 1.54) is 0 Å². The Bertz CT molecular complexity index is 660. The summed E-state index contributed by atoms with van der Waals surface area (Å²) in [5, 5.41) is 11.4. The molecule has 1 unspecified atom stereocenters. The second-order valence-electron chi connectivity index (χ2n) is 9.96. The van der Waals surface area contributed by atoms with Crippen LogP contribution in [0, 0.1) is 5.41 Å². The molecule has 0 rings (SSSR count). The Morgan fingerprint density at radius 2 is 0.935 bits per heavy atom. The van der Waals surface area contributed by atoms with Crippen LogP contribution in [0.1, 0.15) is 116 Å². The van der Waals surface area contributed by atoms with Gasteiger partial charge < -0.3 is 40.2 Å². The van der Waals surface area contributed by atoms with Gasteiger partial charge in [0.1, 0.15) is 0 Å². The van der Waals surface area contributed by atoms with E-state index in [0.29, 0.717) is 19.6 Å². The van der Waals surface area contributed by atoms with Gasteiger partial charge in [0.2, 0.25) is 17.7 Å². The lowest BCUT2D eigenvalue weighted by Gasteiger charge is -2.33. The fraction of sp³-hybridized carbons (Fsp3) is 0.857. The lowest BCUT2D eigenvalue weighted by atomic mass is 9.92. The molecule has 0 aromatic rings. The van der Waals surface area contributed by atoms with Gasteiger partial charge in [-0.2, -0.15) is 0 Å². The Balaban J connectivity index is -0.000000645. The van der Waals surface area contributed by atoms with Gasteiger partial charge in [0.15, 0.2) is 0 Å². The zero-order chi connectivity index (χ0) is 36.8. The molecule has 0 aliphatic carbocycles. The van der Waals surface area contributed by atoms with E-state index in [0.717, 1.165) is 5.70 Å². The van der Waals surface area contributed by atoms with Crippen LogP contribution < -0.4 is 21.3 Å². The average molecular weight is 665 g/mol. The molecule has 1 atom stereocenters. The first-order valence-corrected chi connectivity index (χ1v) is 17.6. The van der Waals surface area contributed by atoms with Crippen molar-refractivity contribution in [2.45, 2.75) is 128 Å². The summed E-state index contributed by atoms with van der Waals surface area (Å²) in [6.07, 6.45) is 1.33. The summed E-state index contributed by atoms with van der Waals surface area (Å²) >= 11 is 0. The van der Waals surface area contributed by atoms with Crippen molar-refractivity contribution in [2.24, 2.45) is 5.41 Å². The first-order chi connectivity index (χ1) is 22.0. The van der Waals surface area contributed by atoms with Crippen molar-refractivity contribution >= 4 is 17.7 Å². The fourth-order valence-corrected chi connectivity index (χ4v) is 3.38. The van der Waals surface area contributed by atoms with Crippen LogP contribution >= 0.6 is 0 Å². The molecule has 0 aromatic heterocycles. The summed E-state index contributed by atoms with van der Waals surface area (Å²) in [7, 11) is 1.58. The highest BCUT2D eigenvalue weighted by molar-refractivity contribution is 5.76. The average Bonchev–Trinajstić information content (AvgIpc) is 3.05. The number of carbonyl (C=O) groups excluding carboxylic acids is 3. The molecule has 0 fully saturated rings. The van der Waals surface area contributed by atoms with Crippen LogP contribution in [0.25, 0.3) is 0 Å². The second kappa shape index (κ2) is 40.8. The minimum absolute atomic E-state index is 0.0574. The first-order valence-electron chi connectivity index (χ1n) is 17.6. The molecule has 0 aromatic carbocycles. The van der Waals surface area contributed by atoms with Gasteiger partial charge in [-0.25, -0.2) is 0 Å². The fourth-order valence-electron chi connectivity index (χ4n) is 3.38. The van der Waals surface area contributed by atoms with Gasteiger partial charge in [-0.1, -0.05) is 62.0 Å². The van der Waals surface area contributed by atoms with Crippen molar-refractivity contribution in [3.63, 3.8) is 0 Å². The van der Waals surface area contributed by atoms with Crippen LogP contribution in [0.2, 0.25) is 0 Å². The predicted octanol–water partition coefficient (Wildman–Crippen LogP) is 5.62. The quantitative estimate of drug-likeness (QED) is 0.0977. The minimum Gasteiger partial charge on any atom is -0.387 e. The molecule has 0 saturated heterocycles. The van der Waals surface area contributed by atoms with E-state index in [2.05, 4.69) is 27.8 Å². The van der Waals surface area contributed by atoms with E-state index in [9.17, 15) is 14.4 Å². The normalized spacial score (nSPS) is 11.0. The molecule has 0 spiro atoms. The number of ether oxygens (including phenoxy) is 4. The summed E-state index contributed by atoms with van der Waals surface area (Å²) < 4.78 is 23.7. The van der Waals surface area contributed by atoms with Crippen molar-refractivity contribution in [1.29, 1.82) is 0 Å². The van der Waals surface area contributed by atoms with Crippen LogP contribution in [0.3, 0.4) is 0 Å². The minimum atomic E-state index is -0.703. The Hall–Kier alpha value is -2.21.